The third-order valence-electron chi connectivity index (χ3n) is 3.34. The third kappa shape index (κ3) is 4.83. The standard InChI is InChI=1S/C18H13F3N2O3/c1-11(24)16(10-22)17(25)23-13-4-8-15(9-5-13)26-14-6-2-12(3-7-14)18(19,20)21/h2-9,16H,1H3,(H,23,25). The zero-order chi connectivity index (χ0) is 19.3. The molecule has 1 amide bonds. The van der Waals surface area contributed by atoms with E-state index >= 15 is 0 Å². The predicted molar refractivity (Wildman–Crippen MR) is 86.4 cm³/mol. The molecule has 2 aromatic rings. The van der Waals surface area contributed by atoms with E-state index in [4.69, 9.17) is 10.00 Å². The number of carbonyl (C=O) groups is 2. The Bertz CT molecular complexity index is 838. The fourth-order valence-corrected chi connectivity index (χ4v) is 2.00. The van der Waals surface area contributed by atoms with E-state index in [2.05, 4.69) is 5.32 Å². The van der Waals surface area contributed by atoms with Gasteiger partial charge in [0.2, 0.25) is 5.91 Å². The van der Waals surface area contributed by atoms with Gasteiger partial charge >= 0.3 is 6.18 Å². The molecular formula is C18H13F3N2O3. The Morgan fingerprint density at radius 1 is 1.04 bits per heavy atom. The van der Waals surface area contributed by atoms with Gasteiger partial charge in [-0.3, -0.25) is 9.59 Å². The van der Waals surface area contributed by atoms with Gasteiger partial charge in [-0.15, -0.1) is 0 Å². The minimum absolute atomic E-state index is 0.218. The summed E-state index contributed by atoms with van der Waals surface area (Å²) in [7, 11) is 0. The van der Waals surface area contributed by atoms with Crippen molar-refractivity contribution in [3.63, 3.8) is 0 Å². The molecule has 134 valence electrons. The number of rotatable bonds is 5. The number of halogens is 3. The number of ether oxygens (including phenoxy) is 1. The van der Waals surface area contributed by atoms with Crippen molar-refractivity contribution in [1.29, 1.82) is 5.26 Å². The highest BCUT2D eigenvalue weighted by Gasteiger charge is 2.30. The lowest BCUT2D eigenvalue weighted by atomic mass is 10.1. The Labute approximate surface area is 147 Å². The van der Waals surface area contributed by atoms with E-state index in [0.29, 0.717) is 11.4 Å². The highest BCUT2D eigenvalue weighted by Crippen LogP contribution is 2.31. The molecule has 2 aromatic carbocycles. The number of nitriles is 1. The van der Waals surface area contributed by atoms with Gasteiger partial charge in [-0.25, -0.2) is 0 Å². The molecule has 1 N–H and O–H groups in total. The van der Waals surface area contributed by atoms with Crippen LogP contribution in [0.25, 0.3) is 0 Å². The first-order valence-electron chi connectivity index (χ1n) is 7.37. The molecule has 0 aliphatic carbocycles. The van der Waals surface area contributed by atoms with Gasteiger partial charge in [-0.1, -0.05) is 0 Å². The molecular weight excluding hydrogens is 349 g/mol. The molecule has 0 saturated heterocycles. The van der Waals surface area contributed by atoms with Gasteiger partial charge in [0.15, 0.2) is 11.7 Å². The van der Waals surface area contributed by atoms with Crippen LogP contribution in [-0.2, 0) is 15.8 Å². The molecule has 5 nitrogen and oxygen atoms in total. The number of amides is 1. The number of anilines is 1. The van der Waals surface area contributed by atoms with Crippen LogP contribution in [0, 0.1) is 17.2 Å². The SMILES string of the molecule is CC(=O)C(C#N)C(=O)Nc1ccc(Oc2ccc(C(F)(F)F)cc2)cc1. The van der Waals surface area contributed by atoms with Crippen LogP contribution in [0.3, 0.4) is 0 Å². The van der Waals surface area contributed by atoms with Crippen molar-refractivity contribution < 1.29 is 27.5 Å². The number of alkyl halides is 3. The van der Waals surface area contributed by atoms with E-state index in [0.717, 1.165) is 19.1 Å². The lowest BCUT2D eigenvalue weighted by Gasteiger charge is -2.10. The normalized spacial score (nSPS) is 12.0. The Morgan fingerprint density at radius 2 is 1.54 bits per heavy atom. The fraction of sp³-hybridized carbons (Fsp3) is 0.167. The number of ketones is 1. The largest absolute Gasteiger partial charge is 0.457 e. The summed E-state index contributed by atoms with van der Waals surface area (Å²) in [5.41, 5.74) is -0.434. The summed E-state index contributed by atoms with van der Waals surface area (Å²) in [6.07, 6.45) is -4.42. The molecule has 2 rings (SSSR count). The van der Waals surface area contributed by atoms with Crippen molar-refractivity contribution in [2.45, 2.75) is 13.1 Å². The second-order valence-electron chi connectivity index (χ2n) is 5.31. The van der Waals surface area contributed by atoms with Crippen LogP contribution < -0.4 is 10.1 Å². The van der Waals surface area contributed by atoms with E-state index in [1.54, 1.807) is 6.07 Å². The highest BCUT2D eigenvalue weighted by atomic mass is 19.4. The lowest BCUT2D eigenvalue weighted by molar-refractivity contribution is -0.137. The van der Waals surface area contributed by atoms with E-state index in [1.165, 1.54) is 36.4 Å². The summed E-state index contributed by atoms with van der Waals surface area (Å²) < 4.78 is 43.0. The van der Waals surface area contributed by atoms with Crippen molar-refractivity contribution in [1.82, 2.24) is 0 Å². The maximum atomic E-state index is 12.5. The van der Waals surface area contributed by atoms with Crippen LogP contribution in [0.1, 0.15) is 12.5 Å². The van der Waals surface area contributed by atoms with Crippen LogP contribution in [-0.4, -0.2) is 11.7 Å². The molecule has 8 heteroatoms. The number of nitrogens with one attached hydrogen (secondary N) is 1. The molecule has 26 heavy (non-hydrogen) atoms. The maximum Gasteiger partial charge on any atom is 0.416 e. The van der Waals surface area contributed by atoms with Crippen LogP contribution in [0.5, 0.6) is 11.5 Å². The minimum atomic E-state index is -4.42. The molecule has 0 radical (unpaired) electrons. The first-order valence-corrected chi connectivity index (χ1v) is 7.37. The fourth-order valence-electron chi connectivity index (χ4n) is 2.00. The Kier molecular flexibility index (Phi) is 5.62. The van der Waals surface area contributed by atoms with Crippen LogP contribution in [0.4, 0.5) is 18.9 Å². The second kappa shape index (κ2) is 7.70. The lowest BCUT2D eigenvalue weighted by Crippen LogP contribution is -2.26. The summed E-state index contributed by atoms with van der Waals surface area (Å²) >= 11 is 0. The van der Waals surface area contributed by atoms with Crippen molar-refractivity contribution >= 4 is 17.4 Å². The quantitative estimate of drug-likeness (QED) is 0.810. The van der Waals surface area contributed by atoms with E-state index in [1.807, 2.05) is 0 Å². The second-order valence-corrected chi connectivity index (χ2v) is 5.31. The first-order chi connectivity index (χ1) is 12.2. The van der Waals surface area contributed by atoms with Gasteiger partial charge < -0.3 is 10.1 Å². The Hall–Kier alpha value is -3.34. The number of carbonyl (C=O) groups excluding carboxylic acids is 2. The van der Waals surface area contributed by atoms with E-state index in [9.17, 15) is 22.8 Å². The molecule has 0 fully saturated rings. The molecule has 1 unspecified atom stereocenters. The van der Waals surface area contributed by atoms with E-state index < -0.39 is 29.3 Å². The van der Waals surface area contributed by atoms with Crippen LogP contribution in [0.2, 0.25) is 0 Å². The zero-order valence-electron chi connectivity index (χ0n) is 13.5. The number of benzene rings is 2. The molecule has 0 heterocycles. The van der Waals surface area contributed by atoms with Crippen molar-refractivity contribution in [2.24, 2.45) is 5.92 Å². The number of Topliss-reactive ketones (excluding diaryl/α,β-unsaturated/α-hetero) is 1. The van der Waals surface area contributed by atoms with Gasteiger partial charge in [0, 0.05) is 5.69 Å². The number of hydrogen-bond acceptors (Lipinski definition) is 4. The zero-order valence-corrected chi connectivity index (χ0v) is 13.5. The van der Waals surface area contributed by atoms with E-state index in [-0.39, 0.29) is 5.75 Å². The summed E-state index contributed by atoms with van der Waals surface area (Å²) in [6, 6.07) is 11.8. The average Bonchev–Trinajstić information content (AvgIpc) is 2.56. The summed E-state index contributed by atoms with van der Waals surface area (Å²) in [5, 5.41) is 11.2. The topological polar surface area (TPSA) is 79.2 Å². The average molecular weight is 362 g/mol. The Morgan fingerprint density at radius 3 is 1.96 bits per heavy atom. The van der Waals surface area contributed by atoms with Crippen molar-refractivity contribution in [3.05, 3.63) is 54.1 Å². The highest BCUT2D eigenvalue weighted by molar-refractivity contribution is 6.08. The third-order valence-corrected chi connectivity index (χ3v) is 3.34. The van der Waals surface area contributed by atoms with Crippen molar-refractivity contribution in [3.8, 4) is 17.6 Å². The molecule has 1 atom stereocenters. The number of hydrogen-bond donors (Lipinski definition) is 1. The molecule has 0 aliphatic rings. The van der Waals surface area contributed by atoms with Crippen LogP contribution in [0.15, 0.2) is 48.5 Å². The van der Waals surface area contributed by atoms with Gasteiger partial charge in [-0.05, 0) is 55.5 Å². The summed E-state index contributed by atoms with van der Waals surface area (Å²) in [4.78, 5) is 23.0. The Balaban J connectivity index is 2.02. The van der Waals surface area contributed by atoms with Crippen LogP contribution >= 0.6 is 0 Å². The molecule has 0 saturated carbocycles. The molecule has 0 bridgehead atoms. The van der Waals surface area contributed by atoms with Gasteiger partial charge in [-0.2, -0.15) is 18.4 Å². The van der Waals surface area contributed by atoms with Gasteiger partial charge in [0.05, 0.1) is 11.6 Å². The van der Waals surface area contributed by atoms with Crippen molar-refractivity contribution in [2.75, 3.05) is 5.32 Å². The number of nitrogens with zero attached hydrogens (tertiary/aromatic N) is 1. The van der Waals surface area contributed by atoms with Gasteiger partial charge in [0.1, 0.15) is 11.5 Å². The first kappa shape index (κ1) is 19.0. The summed E-state index contributed by atoms with van der Waals surface area (Å²) in [6.45, 7) is 1.15. The summed E-state index contributed by atoms with van der Waals surface area (Å²) in [5.74, 6) is -2.14. The monoisotopic (exact) mass is 362 g/mol. The minimum Gasteiger partial charge on any atom is -0.457 e. The molecule has 0 aromatic heterocycles. The molecule has 0 spiro atoms. The smallest absolute Gasteiger partial charge is 0.416 e. The molecule has 0 aliphatic heterocycles. The predicted octanol–water partition coefficient (Wildman–Crippen LogP) is 4.16. The van der Waals surface area contributed by atoms with Gasteiger partial charge in [0.25, 0.3) is 0 Å². The maximum absolute atomic E-state index is 12.5.